The molecule has 0 aromatic rings. The van der Waals surface area contributed by atoms with Crippen LogP contribution in [-0.2, 0) is 0 Å². The maximum Gasteiger partial charge on any atom is 0.0596 e. The molecular weight excluding hydrogens is 244 g/mol. The van der Waals surface area contributed by atoms with Gasteiger partial charge in [0.05, 0.1) is 6.10 Å². The van der Waals surface area contributed by atoms with Crippen molar-refractivity contribution in [3.05, 3.63) is 23.8 Å². The average Bonchev–Trinajstić information content (AvgIpc) is 2.74. The van der Waals surface area contributed by atoms with Crippen molar-refractivity contribution in [3.8, 4) is 0 Å². The van der Waals surface area contributed by atoms with Crippen molar-refractivity contribution >= 4 is 0 Å². The first-order valence-electron chi connectivity index (χ1n) is 8.61. The van der Waals surface area contributed by atoms with Gasteiger partial charge in [0, 0.05) is 0 Å². The van der Waals surface area contributed by atoms with E-state index in [4.69, 9.17) is 0 Å². The predicted molar refractivity (Wildman–Crippen MR) is 82.2 cm³/mol. The fourth-order valence-corrected chi connectivity index (χ4v) is 6.27. The van der Waals surface area contributed by atoms with Crippen LogP contribution in [-0.4, -0.2) is 11.2 Å². The summed E-state index contributed by atoms with van der Waals surface area (Å²) in [4.78, 5) is 0. The zero-order chi connectivity index (χ0) is 14.0. The first kappa shape index (κ1) is 13.1. The standard InChI is InChI=1S/C19H28O/c1-18-11-4-3-5-13(18)6-7-14-15-8-9-17(20)19(15,2)12-10-16(14)18/h3,5-6,14-17,20H,4,7-12H2,1-2H3/t14?,15?,16?,17-,18-,19-/m0/s1. The number of aliphatic hydroxyl groups is 1. The molecule has 20 heavy (non-hydrogen) atoms. The van der Waals surface area contributed by atoms with Gasteiger partial charge in [-0.25, -0.2) is 0 Å². The fraction of sp³-hybridized carbons (Fsp3) is 0.789. The van der Waals surface area contributed by atoms with Crippen LogP contribution in [0.1, 0.15) is 58.8 Å². The summed E-state index contributed by atoms with van der Waals surface area (Å²) in [6.45, 7) is 4.89. The summed E-state index contributed by atoms with van der Waals surface area (Å²) in [5, 5.41) is 10.4. The van der Waals surface area contributed by atoms with Crippen LogP contribution >= 0.6 is 0 Å². The summed E-state index contributed by atoms with van der Waals surface area (Å²) < 4.78 is 0. The Hall–Kier alpha value is -0.560. The van der Waals surface area contributed by atoms with Crippen molar-refractivity contribution in [3.63, 3.8) is 0 Å². The van der Waals surface area contributed by atoms with Crippen LogP contribution in [0.2, 0.25) is 0 Å². The first-order valence-corrected chi connectivity index (χ1v) is 8.61. The number of rotatable bonds is 0. The molecule has 1 nitrogen and oxygen atoms in total. The molecular formula is C19H28O. The van der Waals surface area contributed by atoms with Gasteiger partial charge in [-0.15, -0.1) is 0 Å². The Balaban J connectivity index is 1.72. The smallest absolute Gasteiger partial charge is 0.0596 e. The van der Waals surface area contributed by atoms with Gasteiger partial charge in [0.15, 0.2) is 0 Å². The molecule has 4 aliphatic rings. The largest absolute Gasteiger partial charge is 0.393 e. The van der Waals surface area contributed by atoms with Crippen molar-refractivity contribution in [2.45, 2.75) is 64.9 Å². The van der Waals surface area contributed by atoms with E-state index in [0.29, 0.717) is 5.41 Å². The molecule has 3 unspecified atom stereocenters. The van der Waals surface area contributed by atoms with Gasteiger partial charge in [0.2, 0.25) is 0 Å². The summed E-state index contributed by atoms with van der Waals surface area (Å²) in [6.07, 6.45) is 16.0. The number of allylic oxidation sites excluding steroid dienone is 4. The molecule has 1 heteroatoms. The molecule has 0 aromatic carbocycles. The van der Waals surface area contributed by atoms with Gasteiger partial charge in [-0.1, -0.05) is 32.1 Å². The van der Waals surface area contributed by atoms with E-state index in [-0.39, 0.29) is 11.5 Å². The van der Waals surface area contributed by atoms with Crippen LogP contribution < -0.4 is 0 Å². The Bertz CT molecular complexity index is 476. The van der Waals surface area contributed by atoms with Crippen LogP contribution in [0.5, 0.6) is 0 Å². The minimum absolute atomic E-state index is 0.0436. The number of hydrogen-bond acceptors (Lipinski definition) is 1. The third-order valence-corrected chi connectivity index (χ3v) is 7.60. The molecule has 0 spiro atoms. The second kappa shape index (κ2) is 4.22. The Morgan fingerprint density at radius 1 is 1.10 bits per heavy atom. The van der Waals surface area contributed by atoms with E-state index in [1.165, 1.54) is 38.5 Å². The van der Waals surface area contributed by atoms with Crippen LogP contribution in [0.15, 0.2) is 23.8 Å². The molecule has 2 saturated carbocycles. The normalized spacial score (nSPS) is 53.9. The minimum Gasteiger partial charge on any atom is -0.393 e. The van der Waals surface area contributed by atoms with E-state index in [9.17, 15) is 5.11 Å². The van der Waals surface area contributed by atoms with Crippen molar-refractivity contribution in [2.24, 2.45) is 28.6 Å². The Labute approximate surface area is 123 Å². The van der Waals surface area contributed by atoms with Crippen molar-refractivity contribution in [2.75, 3.05) is 0 Å². The lowest BCUT2D eigenvalue weighted by Crippen LogP contribution is -2.49. The van der Waals surface area contributed by atoms with E-state index in [2.05, 4.69) is 32.1 Å². The van der Waals surface area contributed by atoms with Crippen LogP contribution in [0.25, 0.3) is 0 Å². The zero-order valence-corrected chi connectivity index (χ0v) is 12.9. The van der Waals surface area contributed by atoms with Gasteiger partial charge in [0.25, 0.3) is 0 Å². The zero-order valence-electron chi connectivity index (χ0n) is 12.9. The highest BCUT2D eigenvalue weighted by Gasteiger charge is 2.57. The molecule has 6 atom stereocenters. The molecule has 2 fully saturated rings. The summed E-state index contributed by atoms with van der Waals surface area (Å²) >= 11 is 0. The molecule has 0 aromatic heterocycles. The van der Waals surface area contributed by atoms with Gasteiger partial charge in [-0.05, 0) is 79.1 Å². The highest BCUT2D eigenvalue weighted by atomic mass is 16.3. The molecule has 0 saturated heterocycles. The SMILES string of the molecule is C[C@]12CCC=CC1=CCC1C2CC[C@@]2(C)C1CC[C@@H]2O. The van der Waals surface area contributed by atoms with Gasteiger partial charge in [0.1, 0.15) is 0 Å². The fourth-order valence-electron chi connectivity index (χ4n) is 6.27. The molecule has 0 radical (unpaired) electrons. The highest BCUT2D eigenvalue weighted by molar-refractivity contribution is 5.34. The Morgan fingerprint density at radius 3 is 2.80 bits per heavy atom. The molecule has 4 rings (SSSR count). The monoisotopic (exact) mass is 272 g/mol. The summed E-state index contributed by atoms with van der Waals surface area (Å²) in [5.41, 5.74) is 2.26. The van der Waals surface area contributed by atoms with Crippen molar-refractivity contribution in [1.29, 1.82) is 0 Å². The van der Waals surface area contributed by atoms with Crippen molar-refractivity contribution in [1.82, 2.24) is 0 Å². The van der Waals surface area contributed by atoms with Crippen LogP contribution in [0, 0.1) is 28.6 Å². The second-order valence-electron chi connectivity index (χ2n) is 8.27. The maximum atomic E-state index is 10.4. The molecule has 4 aliphatic carbocycles. The third-order valence-electron chi connectivity index (χ3n) is 7.60. The van der Waals surface area contributed by atoms with E-state index in [1.54, 1.807) is 5.57 Å². The van der Waals surface area contributed by atoms with E-state index in [0.717, 1.165) is 24.2 Å². The van der Waals surface area contributed by atoms with Gasteiger partial charge in [-0.3, -0.25) is 0 Å². The molecule has 110 valence electrons. The maximum absolute atomic E-state index is 10.4. The predicted octanol–water partition coefficient (Wildman–Crippen LogP) is 4.48. The summed E-state index contributed by atoms with van der Waals surface area (Å²) in [6, 6.07) is 0. The Kier molecular flexibility index (Phi) is 2.77. The van der Waals surface area contributed by atoms with Gasteiger partial charge in [-0.2, -0.15) is 0 Å². The van der Waals surface area contributed by atoms with Crippen LogP contribution in [0.3, 0.4) is 0 Å². The van der Waals surface area contributed by atoms with E-state index < -0.39 is 0 Å². The van der Waals surface area contributed by atoms with E-state index >= 15 is 0 Å². The Morgan fingerprint density at radius 2 is 1.95 bits per heavy atom. The molecule has 0 bridgehead atoms. The molecule has 0 aliphatic heterocycles. The quantitative estimate of drug-likeness (QED) is 0.689. The van der Waals surface area contributed by atoms with Crippen molar-refractivity contribution < 1.29 is 5.11 Å². The summed E-state index contributed by atoms with van der Waals surface area (Å²) in [5.74, 6) is 2.44. The lowest BCUT2D eigenvalue weighted by atomic mass is 9.49. The first-order chi connectivity index (χ1) is 9.56. The second-order valence-corrected chi connectivity index (χ2v) is 8.27. The van der Waals surface area contributed by atoms with E-state index in [1.807, 2.05) is 0 Å². The molecule has 0 heterocycles. The number of hydrogen-bond donors (Lipinski definition) is 1. The van der Waals surface area contributed by atoms with Gasteiger partial charge < -0.3 is 5.11 Å². The molecule has 1 N–H and O–H groups in total. The topological polar surface area (TPSA) is 20.2 Å². The average molecular weight is 272 g/mol. The number of aliphatic hydroxyl groups excluding tert-OH is 1. The van der Waals surface area contributed by atoms with Crippen LogP contribution in [0.4, 0.5) is 0 Å². The minimum atomic E-state index is -0.0436. The highest BCUT2D eigenvalue weighted by Crippen LogP contribution is 2.64. The third kappa shape index (κ3) is 1.53. The lowest BCUT2D eigenvalue weighted by molar-refractivity contribution is -0.0624. The molecule has 0 amide bonds. The van der Waals surface area contributed by atoms with Gasteiger partial charge >= 0.3 is 0 Å². The lowest BCUT2D eigenvalue weighted by Gasteiger charge is -2.56. The number of fused-ring (bicyclic) bond motifs is 5. The summed E-state index contributed by atoms with van der Waals surface area (Å²) in [7, 11) is 0.